The van der Waals surface area contributed by atoms with Gasteiger partial charge in [-0.05, 0) is 91.1 Å². The Balaban J connectivity index is 0.984. The Kier molecular flexibility index (Phi) is 10.5. The zero-order chi connectivity index (χ0) is 41.8. The number of carbonyl (C=O) groups is 2. The van der Waals surface area contributed by atoms with Gasteiger partial charge < -0.3 is 38.9 Å². The second kappa shape index (κ2) is 14.8. The van der Waals surface area contributed by atoms with E-state index >= 15 is 0 Å². The van der Waals surface area contributed by atoms with Crippen LogP contribution in [-0.2, 0) is 24.6 Å². The Hall–Kier alpha value is -5.26. The van der Waals surface area contributed by atoms with E-state index in [0.29, 0.717) is 60.6 Å². The third-order valence-corrected chi connectivity index (χ3v) is 16.3. The maximum atomic E-state index is 13.3. The molecular formula is C47H55NO9Si. The largest absolute Gasteiger partial charge is 0.543 e. The van der Waals surface area contributed by atoms with Crippen LogP contribution in [0.25, 0.3) is 5.76 Å². The Morgan fingerprint density at radius 1 is 0.862 bits per heavy atom. The smallest absolute Gasteiger partial charge is 0.340 e. The van der Waals surface area contributed by atoms with Gasteiger partial charge in [0.15, 0.2) is 5.60 Å². The summed E-state index contributed by atoms with van der Waals surface area (Å²) in [6, 6.07) is 22.5. The third-order valence-electron chi connectivity index (χ3n) is 11.9. The SMILES string of the molecule is CC(C)(COCCCCC(=O)Nc1ccc2c(c1)C1(OC2=O)c2ccc(O)cc2Oc2cc(O)ccc21)C1=C(c2cccc(O[Si](C)(C)C(C)(C)C)c2)OCC1(C)C. The van der Waals surface area contributed by atoms with E-state index in [0.717, 1.165) is 17.1 Å². The number of esters is 1. The van der Waals surface area contributed by atoms with E-state index in [1.54, 1.807) is 30.3 Å². The minimum atomic E-state index is -2.02. The van der Waals surface area contributed by atoms with Crippen molar-refractivity contribution in [2.75, 3.05) is 25.1 Å². The van der Waals surface area contributed by atoms with Crippen molar-refractivity contribution in [3.05, 3.63) is 112 Å². The van der Waals surface area contributed by atoms with Crippen LogP contribution in [0.2, 0.25) is 18.1 Å². The number of benzene rings is 4. The van der Waals surface area contributed by atoms with E-state index in [1.165, 1.54) is 29.8 Å². The molecule has 0 atom stereocenters. The average molecular weight is 806 g/mol. The number of nitrogens with one attached hydrogen (secondary N) is 1. The van der Waals surface area contributed by atoms with Gasteiger partial charge in [-0.2, -0.15) is 0 Å². The summed E-state index contributed by atoms with van der Waals surface area (Å²) in [5.41, 5.74) is 2.72. The van der Waals surface area contributed by atoms with Crippen molar-refractivity contribution < 1.29 is 43.2 Å². The fourth-order valence-corrected chi connectivity index (χ4v) is 9.22. The van der Waals surface area contributed by atoms with Gasteiger partial charge in [-0.25, -0.2) is 4.79 Å². The van der Waals surface area contributed by atoms with E-state index in [-0.39, 0.29) is 51.2 Å². The summed E-state index contributed by atoms with van der Waals surface area (Å²) in [4.78, 5) is 26.5. The molecule has 3 aliphatic heterocycles. The molecule has 0 saturated carbocycles. The molecule has 3 aliphatic rings. The first-order chi connectivity index (χ1) is 27.2. The molecule has 3 heterocycles. The van der Waals surface area contributed by atoms with Gasteiger partial charge in [0.2, 0.25) is 14.2 Å². The van der Waals surface area contributed by atoms with Crippen molar-refractivity contribution in [2.45, 2.75) is 91.5 Å². The molecule has 10 nitrogen and oxygen atoms in total. The molecule has 11 heteroatoms. The van der Waals surface area contributed by atoms with Gasteiger partial charge in [-0.1, -0.05) is 60.6 Å². The predicted octanol–water partition coefficient (Wildman–Crippen LogP) is 10.7. The van der Waals surface area contributed by atoms with Gasteiger partial charge in [0, 0.05) is 63.9 Å². The number of rotatable bonds is 12. The number of unbranched alkanes of at least 4 members (excludes halogenated alkanes) is 1. The topological polar surface area (TPSA) is 133 Å². The van der Waals surface area contributed by atoms with Gasteiger partial charge in [-0.15, -0.1) is 0 Å². The highest BCUT2D eigenvalue weighted by atomic mass is 28.4. The van der Waals surface area contributed by atoms with Crippen molar-refractivity contribution in [1.82, 2.24) is 0 Å². The van der Waals surface area contributed by atoms with E-state index in [1.807, 2.05) is 12.1 Å². The molecule has 58 heavy (non-hydrogen) atoms. The highest BCUT2D eigenvalue weighted by Crippen LogP contribution is 2.57. The van der Waals surface area contributed by atoms with Crippen molar-refractivity contribution >= 4 is 31.6 Å². The standard InChI is InChI=1S/C47H55NO9Si/c1-44(2,3)58(8,9)57-33-14-12-13-29(23-33)41-42(46(6,7)28-54-41)45(4,5)27-53-22-11-10-15-40(51)48-30-16-19-34-37(24-30)47(56-43(34)52)35-20-17-31(49)25-38(35)55-39-26-32(50)18-21-36(39)47/h12-14,16-21,23-26,49-50H,10-11,15,22,27-28H2,1-9H3,(H,48,51). The normalized spacial score (nSPS) is 16.5. The summed E-state index contributed by atoms with van der Waals surface area (Å²) in [5.74, 6) is 1.58. The van der Waals surface area contributed by atoms with Crippen LogP contribution in [0.1, 0.15) is 100 Å². The van der Waals surface area contributed by atoms with Crippen LogP contribution in [-0.4, -0.2) is 50.2 Å². The second-order valence-electron chi connectivity index (χ2n) is 18.5. The van der Waals surface area contributed by atoms with Crippen LogP contribution in [0.15, 0.2) is 84.4 Å². The summed E-state index contributed by atoms with van der Waals surface area (Å²) < 4.78 is 31.5. The molecule has 1 amide bonds. The number of hydrogen-bond acceptors (Lipinski definition) is 9. The molecule has 7 rings (SSSR count). The van der Waals surface area contributed by atoms with E-state index in [9.17, 15) is 19.8 Å². The van der Waals surface area contributed by atoms with E-state index in [4.69, 9.17) is 23.4 Å². The maximum absolute atomic E-state index is 13.3. The minimum Gasteiger partial charge on any atom is -0.543 e. The predicted molar refractivity (Wildman–Crippen MR) is 226 cm³/mol. The lowest BCUT2D eigenvalue weighted by atomic mass is 9.70. The van der Waals surface area contributed by atoms with Gasteiger partial charge in [0.1, 0.15) is 34.5 Å². The Morgan fingerprint density at radius 2 is 1.53 bits per heavy atom. The fraction of sp³-hybridized carbons (Fsp3) is 0.404. The molecule has 3 N–H and O–H groups in total. The number of hydrogen-bond donors (Lipinski definition) is 3. The monoisotopic (exact) mass is 805 g/mol. The van der Waals surface area contributed by atoms with Crippen LogP contribution in [0.4, 0.5) is 5.69 Å². The molecule has 0 saturated heterocycles. The summed E-state index contributed by atoms with van der Waals surface area (Å²) in [6.45, 7) is 21.7. The molecule has 1 spiro atoms. The molecule has 4 aromatic carbocycles. The van der Waals surface area contributed by atoms with Gasteiger partial charge in [0.05, 0.1) is 18.8 Å². The molecule has 0 bridgehead atoms. The number of anilines is 1. The second-order valence-corrected chi connectivity index (χ2v) is 23.2. The summed E-state index contributed by atoms with van der Waals surface area (Å²) in [5, 5.41) is 23.5. The highest BCUT2D eigenvalue weighted by Gasteiger charge is 2.54. The number of phenols is 2. The highest BCUT2D eigenvalue weighted by molar-refractivity contribution is 6.74. The molecule has 0 fully saturated rings. The third kappa shape index (κ3) is 7.57. The lowest BCUT2D eigenvalue weighted by molar-refractivity contribution is -0.116. The Labute approximate surface area is 342 Å². The lowest BCUT2D eigenvalue weighted by Gasteiger charge is -2.36. The fourth-order valence-electron chi connectivity index (χ4n) is 8.19. The first-order valence-corrected chi connectivity index (χ1v) is 22.9. The zero-order valence-electron chi connectivity index (χ0n) is 35.0. The number of amides is 1. The van der Waals surface area contributed by atoms with Crippen molar-refractivity contribution in [2.24, 2.45) is 10.8 Å². The number of fused-ring (bicyclic) bond motifs is 6. The van der Waals surface area contributed by atoms with Gasteiger partial charge in [-0.3, -0.25) is 4.79 Å². The molecule has 0 unspecified atom stereocenters. The number of phenolic OH excluding ortho intramolecular Hbond substituents is 2. The molecular weight excluding hydrogens is 751 g/mol. The molecule has 0 aliphatic carbocycles. The lowest BCUT2D eigenvalue weighted by Crippen LogP contribution is -2.43. The molecule has 0 aromatic heterocycles. The van der Waals surface area contributed by atoms with Crippen molar-refractivity contribution in [3.8, 4) is 28.7 Å². The summed E-state index contributed by atoms with van der Waals surface area (Å²) in [7, 11) is -2.02. The molecule has 306 valence electrons. The molecule has 4 aromatic rings. The summed E-state index contributed by atoms with van der Waals surface area (Å²) >= 11 is 0. The quantitative estimate of drug-likeness (QED) is 0.0727. The van der Waals surface area contributed by atoms with Crippen LogP contribution >= 0.6 is 0 Å². The van der Waals surface area contributed by atoms with Gasteiger partial charge in [0.25, 0.3) is 0 Å². The zero-order valence-corrected chi connectivity index (χ0v) is 36.0. The van der Waals surface area contributed by atoms with Gasteiger partial charge >= 0.3 is 5.97 Å². The van der Waals surface area contributed by atoms with Crippen molar-refractivity contribution in [3.63, 3.8) is 0 Å². The van der Waals surface area contributed by atoms with Crippen molar-refractivity contribution in [1.29, 1.82) is 0 Å². The van der Waals surface area contributed by atoms with E-state index in [2.05, 4.69) is 79.0 Å². The first kappa shape index (κ1) is 40.9. The number of carbonyl (C=O) groups excluding carboxylic acids is 2. The Morgan fingerprint density at radius 3 is 2.19 bits per heavy atom. The van der Waals surface area contributed by atoms with Crippen LogP contribution < -0.4 is 14.5 Å². The van der Waals surface area contributed by atoms with Crippen LogP contribution in [0.3, 0.4) is 0 Å². The van der Waals surface area contributed by atoms with E-state index < -0.39 is 19.9 Å². The Bertz CT molecular complexity index is 2250. The average Bonchev–Trinajstić information content (AvgIpc) is 3.62. The minimum absolute atomic E-state index is 0.0269. The number of ether oxygens (including phenoxy) is 4. The maximum Gasteiger partial charge on any atom is 0.340 e. The first-order valence-electron chi connectivity index (χ1n) is 20.0. The molecule has 0 radical (unpaired) electrons. The number of aromatic hydroxyl groups is 2. The summed E-state index contributed by atoms with van der Waals surface area (Å²) in [6.07, 6.45) is 1.61. The van der Waals surface area contributed by atoms with Crippen LogP contribution in [0, 0.1) is 10.8 Å². The van der Waals surface area contributed by atoms with Crippen LogP contribution in [0.5, 0.6) is 28.7 Å².